The summed E-state index contributed by atoms with van der Waals surface area (Å²) in [4.78, 5) is 2.58. The maximum Gasteiger partial charge on any atom is 0.0192 e. The number of rotatable bonds is 3. The Balaban J connectivity index is 2.18. The fraction of sp³-hybridized carbons (Fsp3) is 1.00. The maximum atomic E-state index is 3.40. The molecule has 2 nitrogen and oxygen atoms in total. The van der Waals surface area contributed by atoms with Crippen molar-refractivity contribution in [2.45, 2.75) is 32.7 Å². The number of nitrogens with one attached hydrogen (secondary N) is 1. The molecule has 66 valence electrons. The Hall–Kier alpha value is -0.0800. The Labute approximate surface area is 70.0 Å². The van der Waals surface area contributed by atoms with Gasteiger partial charge in [0.25, 0.3) is 0 Å². The molecule has 0 bridgehead atoms. The number of nitrogens with zero attached hydrogens (tertiary/aromatic N) is 1. The van der Waals surface area contributed by atoms with Crippen LogP contribution < -0.4 is 5.32 Å². The summed E-state index contributed by atoms with van der Waals surface area (Å²) in [6, 6.07) is 0.746. The summed E-state index contributed by atoms with van der Waals surface area (Å²) >= 11 is 0. The number of hydrogen-bond donors (Lipinski definition) is 1. The first-order valence-electron chi connectivity index (χ1n) is 4.79. The van der Waals surface area contributed by atoms with Gasteiger partial charge in [-0.1, -0.05) is 13.3 Å². The molecule has 0 radical (unpaired) electrons. The van der Waals surface area contributed by atoms with E-state index in [-0.39, 0.29) is 0 Å². The highest BCUT2D eigenvalue weighted by Crippen LogP contribution is 2.03. The first-order valence-corrected chi connectivity index (χ1v) is 4.79. The summed E-state index contributed by atoms with van der Waals surface area (Å²) < 4.78 is 0. The second kappa shape index (κ2) is 4.73. The van der Waals surface area contributed by atoms with E-state index >= 15 is 0 Å². The lowest BCUT2D eigenvalue weighted by Crippen LogP contribution is -2.49. The zero-order chi connectivity index (χ0) is 8.10. The number of hydrogen-bond acceptors (Lipinski definition) is 2. The van der Waals surface area contributed by atoms with Crippen LogP contribution in [0.4, 0.5) is 0 Å². The Bertz CT molecular complexity index is 104. The van der Waals surface area contributed by atoms with Crippen LogP contribution in [0.3, 0.4) is 0 Å². The highest BCUT2D eigenvalue weighted by atomic mass is 15.2. The smallest absolute Gasteiger partial charge is 0.0192 e. The number of unbranched alkanes of at least 4 members (excludes halogenated alkanes) is 1. The average molecular weight is 156 g/mol. The van der Waals surface area contributed by atoms with E-state index < -0.39 is 0 Å². The van der Waals surface area contributed by atoms with E-state index in [2.05, 4.69) is 24.1 Å². The quantitative estimate of drug-likeness (QED) is 0.658. The van der Waals surface area contributed by atoms with Crippen LogP contribution >= 0.6 is 0 Å². The van der Waals surface area contributed by atoms with Crippen molar-refractivity contribution in [3.8, 4) is 0 Å². The van der Waals surface area contributed by atoms with E-state index in [1.807, 2.05) is 0 Å². The van der Waals surface area contributed by atoms with Crippen molar-refractivity contribution in [2.75, 3.05) is 26.2 Å². The van der Waals surface area contributed by atoms with Gasteiger partial charge in [-0.25, -0.2) is 0 Å². The molecule has 0 amide bonds. The molecule has 0 aromatic heterocycles. The largest absolute Gasteiger partial charge is 0.314 e. The molecule has 0 aliphatic carbocycles. The molecule has 0 unspecified atom stereocenters. The molecule has 0 spiro atoms. The monoisotopic (exact) mass is 156 g/mol. The molecule has 0 aromatic rings. The molecular formula is C9H20N2. The summed E-state index contributed by atoms with van der Waals surface area (Å²) in [7, 11) is 0. The summed E-state index contributed by atoms with van der Waals surface area (Å²) in [5.41, 5.74) is 0. The van der Waals surface area contributed by atoms with Gasteiger partial charge in [0.05, 0.1) is 0 Å². The van der Waals surface area contributed by atoms with Crippen molar-refractivity contribution >= 4 is 0 Å². The van der Waals surface area contributed by atoms with Crippen molar-refractivity contribution in [1.82, 2.24) is 10.2 Å². The van der Waals surface area contributed by atoms with Gasteiger partial charge >= 0.3 is 0 Å². The van der Waals surface area contributed by atoms with E-state index in [1.165, 1.54) is 39.0 Å². The minimum atomic E-state index is 0.746. The lowest BCUT2D eigenvalue weighted by atomic mass is 10.2. The molecule has 1 heterocycles. The minimum Gasteiger partial charge on any atom is -0.314 e. The van der Waals surface area contributed by atoms with Crippen LogP contribution in [0.2, 0.25) is 0 Å². The molecule has 0 aromatic carbocycles. The van der Waals surface area contributed by atoms with Gasteiger partial charge in [0.15, 0.2) is 0 Å². The molecule has 1 N–H and O–H groups in total. The Morgan fingerprint density at radius 1 is 1.55 bits per heavy atom. The lowest BCUT2D eigenvalue weighted by Gasteiger charge is -2.33. The summed E-state index contributed by atoms with van der Waals surface area (Å²) in [6.45, 7) is 9.44. The molecule has 1 aliphatic heterocycles. The van der Waals surface area contributed by atoms with Crippen LogP contribution in [-0.2, 0) is 0 Å². The van der Waals surface area contributed by atoms with Crippen LogP contribution in [0.15, 0.2) is 0 Å². The van der Waals surface area contributed by atoms with E-state index in [1.54, 1.807) is 0 Å². The van der Waals surface area contributed by atoms with Crippen LogP contribution in [0, 0.1) is 0 Å². The normalized spacial score (nSPS) is 27.3. The van der Waals surface area contributed by atoms with Crippen molar-refractivity contribution < 1.29 is 0 Å². The molecule has 1 aliphatic rings. The predicted octanol–water partition coefficient (Wildman–Crippen LogP) is 1.08. The molecule has 1 atom stereocenters. The van der Waals surface area contributed by atoms with Gasteiger partial charge in [0.2, 0.25) is 0 Å². The third-order valence-electron chi connectivity index (χ3n) is 2.44. The minimum absolute atomic E-state index is 0.746. The van der Waals surface area contributed by atoms with Crippen molar-refractivity contribution in [3.63, 3.8) is 0 Å². The van der Waals surface area contributed by atoms with Crippen LogP contribution in [-0.4, -0.2) is 37.1 Å². The van der Waals surface area contributed by atoms with Gasteiger partial charge in [0, 0.05) is 25.7 Å². The van der Waals surface area contributed by atoms with Crippen molar-refractivity contribution in [1.29, 1.82) is 0 Å². The molecule has 1 saturated heterocycles. The van der Waals surface area contributed by atoms with Gasteiger partial charge in [-0.05, 0) is 19.9 Å². The Kier molecular flexibility index (Phi) is 3.87. The fourth-order valence-electron chi connectivity index (χ4n) is 1.58. The zero-order valence-corrected chi connectivity index (χ0v) is 7.77. The van der Waals surface area contributed by atoms with Crippen LogP contribution in [0.5, 0.6) is 0 Å². The van der Waals surface area contributed by atoms with E-state index in [0.29, 0.717) is 0 Å². The molecule has 1 rings (SSSR count). The SMILES string of the molecule is CCCCN1CCNC[C@H]1C. The van der Waals surface area contributed by atoms with Crippen LogP contribution in [0.25, 0.3) is 0 Å². The molecular weight excluding hydrogens is 136 g/mol. The molecule has 0 saturated carbocycles. The van der Waals surface area contributed by atoms with E-state index in [0.717, 1.165) is 6.04 Å². The first kappa shape index (κ1) is 9.01. The average Bonchev–Trinajstić information content (AvgIpc) is 2.03. The Morgan fingerprint density at radius 3 is 3.00 bits per heavy atom. The van der Waals surface area contributed by atoms with Gasteiger partial charge in [-0.15, -0.1) is 0 Å². The van der Waals surface area contributed by atoms with Gasteiger partial charge in [-0.2, -0.15) is 0 Å². The topological polar surface area (TPSA) is 15.3 Å². The molecule has 11 heavy (non-hydrogen) atoms. The highest BCUT2D eigenvalue weighted by Gasteiger charge is 2.15. The second-order valence-electron chi connectivity index (χ2n) is 3.44. The van der Waals surface area contributed by atoms with Crippen molar-refractivity contribution in [2.24, 2.45) is 0 Å². The summed E-state index contributed by atoms with van der Waals surface area (Å²) in [5, 5.41) is 3.40. The Morgan fingerprint density at radius 2 is 2.36 bits per heavy atom. The highest BCUT2D eigenvalue weighted by molar-refractivity contribution is 4.75. The summed E-state index contributed by atoms with van der Waals surface area (Å²) in [5.74, 6) is 0. The first-order chi connectivity index (χ1) is 5.34. The van der Waals surface area contributed by atoms with Crippen LogP contribution in [0.1, 0.15) is 26.7 Å². The summed E-state index contributed by atoms with van der Waals surface area (Å²) in [6.07, 6.45) is 2.67. The maximum absolute atomic E-state index is 3.40. The molecule has 2 heteroatoms. The van der Waals surface area contributed by atoms with E-state index in [4.69, 9.17) is 0 Å². The standard InChI is InChI=1S/C9H20N2/c1-3-4-6-11-7-5-10-8-9(11)2/h9-10H,3-8H2,1-2H3/t9-/m1/s1. The van der Waals surface area contributed by atoms with E-state index in [9.17, 15) is 0 Å². The third-order valence-corrected chi connectivity index (χ3v) is 2.44. The zero-order valence-electron chi connectivity index (χ0n) is 7.77. The lowest BCUT2D eigenvalue weighted by molar-refractivity contribution is 0.171. The van der Waals surface area contributed by atoms with Gasteiger partial charge < -0.3 is 5.32 Å². The number of piperazine rings is 1. The fourth-order valence-corrected chi connectivity index (χ4v) is 1.58. The predicted molar refractivity (Wildman–Crippen MR) is 48.8 cm³/mol. The van der Waals surface area contributed by atoms with Gasteiger partial charge in [-0.3, -0.25) is 4.90 Å². The van der Waals surface area contributed by atoms with Crippen molar-refractivity contribution in [3.05, 3.63) is 0 Å². The van der Waals surface area contributed by atoms with Gasteiger partial charge in [0.1, 0.15) is 0 Å². The third kappa shape index (κ3) is 2.80. The molecule has 1 fully saturated rings. The second-order valence-corrected chi connectivity index (χ2v) is 3.44.